The molecule has 0 radical (unpaired) electrons. The molecule has 19 heavy (non-hydrogen) atoms. The molecule has 0 saturated heterocycles. The third kappa shape index (κ3) is 3.66. The first-order valence-corrected chi connectivity index (χ1v) is 7.01. The number of thioether (sulfide) groups is 1. The normalized spacial score (nSPS) is 11.5. The highest BCUT2D eigenvalue weighted by Crippen LogP contribution is 2.30. The van der Waals surface area contributed by atoms with Gasteiger partial charge in [-0.1, -0.05) is 47.1 Å². The summed E-state index contributed by atoms with van der Waals surface area (Å²) in [6.07, 6.45) is 0. The van der Waals surface area contributed by atoms with Crippen molar-refractivity contribution in [1.29, 1.82) is 0 Å². The summed E-state index contributed by atoms with van der Waals surface area (Å²) in [5, 5.41) is 12.2. The lowest BCUT2D eigenvalue weighted by atomic mass is 10.2. The summed E-state index contributed by atoms with van der Waals surface area (Å²) in [5.74, 6) is 0.908. The topological polar surface area (TPSA) is 58.6 Å². The Morgan fingerprint density at radius 1 is 1.21 bits per heavy atom. The number of benzene rings is 2. The molecule has 2 rings (SSSR count). The molecule has 2 aromatic rings. The average molecular weight is 293 g/mol. The van der Waals surface area contributed by atoms with E-state index in [-0.39, 0.29) is 5.84 Å². The van der Waals surface area contributed by atoms with Crippen molar-refractivity contribution in [2.75, 3.05) is 0 Å². The predicted octanol–water partition coefficient (Wildman–Crippen LogP) is 3.73. The molecule has 0 aliphatic carbocycles. The van der Waals surface area contributed by atoms with Gasteiger partial charge < -0.3 is 10.9 Å². The second-order valence-corrected chi connectivity index (χ2v) is 5.33. The third-order valence-corrected chi connectivity index (χ3v) is 4.14. The number of hydrogen-bond donors (Lipinski definition) is 2. The van der Waals surface area contributed by atoms with Crippen LogP contribution in [0, 0.1) is 0 Å². The van der Waals surface area contributed by atoms with E-state index in [0.717, 1.165) is 10.6 Å². The number of halogens is 1. The van der Waals surface area contributed by atoms with Crippen LogP contribution in [0.4, 0.5) is 0 Å². The number of nitrogens with zero attached hydrogens (tertiary/aromatic N) is 1. The number of amidine groups is 1. The zero-order valence-electron chi connectivity index (χ0n) is 10.1. The van der Waals surface area contributed by atoms with E-state index in [2.05, 4.69) is 17.3 Å². The zero-order chi connectivity index (χ0) is 13.7. The molecular formula is C14H13ClN2OS. The maximum Gasteiger partial charge on any atom is 0.170 e. The van der Waals surface area contributed by atoms with Gasteiger partial charge in [0.05, 0.1) is 5.02 Å². The van der Waals surface area contributed by atoms with Gasteiger partial charge in [-0.05, 0) is 23.8 Å². The fourth-order valence-corrected chi connectivity index (χ4v) is 2.79. The fourth-order valence-electron chi connectivity index (χ4n) is 1.57. The molecule has 0 heterocycles. The van der Waals surface area contributed by atoms with Gasteiger partial charge >= 0.3 is 0 Å². The van der Waals surface area contributed by atoms with Crippen molar-refractivity contribution in [3.63, 3.8) is 0 Å². The molecule has 0 bridgehead atoms. The van der Waals surface area contributed by atoms with E-state index in [9.17, 15) is 0 Å². The monoisotopic (exact) mass is 292 g/mol. The van der Waals surface area contributed by atoms with Gasteiger partial charge in [0, 0.05) is 16.2 Å². The zero-order valence-corrected chi connectivity index (χ0v) is 11.7. The fraction of sp³-hybridized carbons (Fsp3) is 0.0714. The van der Waals surface area contributed by atoms with Crippen molar-refractivity contribution in [2.45, 2.75) is 10.6 Å². The summed E-state index contributed by atoms with van der Waals surface area (Å²) < 4.78 is 0. The van der Waals surface area contributed by atoms with Gasteiger partial charge in [-0.15, -0.1) is 11.8 Å². The van der Waals surface area contributed by atoms with Crippen molar-refractivity contribution < 1.29 is 5.21 Å². The Morgan fingerprint density at radius 3 is 2.58 bits per heavy atom. The summed E-state index contributed by atoms with van der Waals surface area (Å²) in [5.41, 5.74) is 7.36. The van der Waals surface area contributed by atoms with E-state index >= 15 is 0 Å². The molecule has 2 aromatic carbocycles. The van der Waals surface area contributed by atoms with Crippen LogP contribution in [0.1, 0.15) is 11.1 Å². The van der Waals surface area contributed by atoms with Crippen LogP contribution < -0.4 is 5.73 Å². The van der Waals surface area contributed by atoms with Crippen molar-refractivity contribution in [2.24, 2.45) is 10.9 Å². The highest BCUT2D eigenvalue weighted by Gasteiger charge is 2.06. The first-order chi connectivity index (χ1) is 9.20. The third-order valence-electron chi connectivity index (χ3n) is 2.57. The van der Waals surface area contributed by atoms with E-state index in [1.54, 1.807) is 23.9 Å². The van der Waals surface area contributed by atoms with Crippen molar-refractivity contribution in [3.8, 4) is 0 Å². The van der Waals surface area contributed by atoms with Gasteiger partial charge in [0.25, 0.3) is 0 Å². The maximum absolute atomic E-state index is 8.62. The SMILES string of the molecule is NC(=NO)c1ccc(SCc2ccccc2)c(Cl)c1. The first-order valence-electron chi connectivity index (χ1n) is 5.65. The minimum Gasteiger partial charge on any atom is -0.409 e. The number of hydrogen-bond acceptors (Lipinski definition) is 3. The molecular weight excluding hydrogens is 280 g/mol. The lowest BCUT2D eigenvalue weighted by molar-refractivity contribution is 0.318. The van der Waals surface area contributed by atoms with Gasteiger partial charge in [-0.3, -0.25) is 0 Å². The molecule has 0 aliphatic rings. The predicted molar refractivity (Wildman–Crippen MR) is 80.0 cm³/mol. The van der Waals surface area contributed by atoms with Crippen molar-refractivity contribution in [1.82, 2.24) is 0 Å². The van der Waals surface area contributed by atoms with Crippen LogP contribution in [-0.2, 0) is 5.75 Å². The Kier molecular flexibility index (Phi) is 4.71. The lowest BCUT2D eigenvalue weighted by Gasteiger charge is -2.06. The molecule has 0 aliphatic heterocycles. The number of rotatable bonds is 4. The van der Waals surface area contributed by atoms with Crippen molar-refractivity contribution in [3.05, 3.63) is 64.7 Å². The average Bonchev–Trinajstić information content (AvgIpc) is 2.46. The van der Waals surface area contributed by atoms with Gasteiger partial charge in [-0.25, -0.2) is 0 Å². The van der Waals surface area contributed by atoms with Crippen LogP contribution in [0.5, 0.6) is 0 Å². The molecule has 0 saturated carbocycles. The van der Waals surface area contributed by atoms with Crippen LogP contribution in [0.2, 0.25) is 5.02 Å². The second kappa shape index (κ2) is 6.50. The molecule has 0 amide bonds. The van der Waals surface area contributed by atoms with Gasteiger partial charge in [0.15, 0.2) is 5.84 Å². The van der Waals surface area contributed by atoms with Crippen LogP contribution in [-0.4, -0.2) is 11.0 Å². The lowest BCUT2D eigenvalue weighted by Crippen LogP contribution is -2.12. The van der Waals surface area contributed by atoms with Crippen LogP contribution >= 0.6 is 23.4 Å². The van der Waals surface area contributed by atoms with E-state index in [0.29, 0.717) is 10.6 Å². The summed E-state index contributed by atoms with van der Waals surface area (Å²) >= 11 is 7.84. The Labute approximate surface area is 121 Å². The van der Waals surface area contributed by atoms with Crippen LogP contribution in [0.25, 0.3) is 0 Å². The molecule has 0 atom stereocenters. The summed E-state index contributed by atoms with van der Waals surface area (Å²) in [6.45, 7) is 0. The number of nitrogens with two attached hydrogens (primary N) is 1. The number of oxime groups is 1. The largest absolute Gasteiger partial charge is 0.409 e. The van der Waals surface area contributed by atoms with Crippen molar-refractivity contribution >= 4 is 29.2 Å². The Bertz CT molecular complexity index is 587. The molecule has 0 fully saturated rings. The summed E-state index contributed by atoms with van der Waals surface area (Å²) in [7, 11) is 0. The Hall–Kier alpha value is -1.65. The molecule has 98 valence electrons. The second-order valence-electron chi connectivity index (χ2n) is 3.90. The van der Waals surface area contributed by atoms with E-state index in [4.69, 9.17) is 22.5 Å². The minimum absolute atomic E-state index is 0.0570. The highest BCUT2D eigenvalue weighted by molar-refractivity contribution is 7.98. The Balaban J connectivity index is 2.10. The minimum atomic E-state index is 0.0570. The van der Waals surface area contributed by atoms with Gasteiger partial charge in [0.1, 0.15) is 0 Å². The molecule has 5 heteroatoms. The molecule has 0 unspecified atom stereocenters. The molecule has 0 spiro atoms. The highest BCUT2D eigenvalue weighted by atomic mass is 35.5. The smallest absolute Gasteiger partial charge is 0.170 e. The van der Waals surface area contributed by atoms with Gasteiger partial charge in [-0.2, -0.15) is 0 Å². The van der Waals surface area contributed by atoms with Gasteiger partial charge in [0.2, 0.25) is 0 Å². The molecule has 0 aromatic heterocycles. The van der Waals surface area contributed by atoms with E-state index in [1.165, 1.54) is 5.56 Å². The van der Waals surface area contributed by atoms with E-state index in [1.807, 2.05) is 24.3 Å². The quantitative estimate of drug-likeness (QED) is 0.297. The van der Waals surface area contributed by atoms with E-state index < -0.39 is 0 Å². The first kappa shape index (κ1) is 13.8. The standard InChI is InChI=1S/C14H13ClN2OS/c15-12-8-11(14(16)17-18)6-7-13(12)19-9-10-4-2-1-3-5-10/h1-8,18H,9H2,(H2,16,17). The maximum atomic E-state index is 8.62. The van der Waals surface area contributed by atoms with Crippen LogP contribution in [0.3, 0.4) is 0 Å². The summed E-state index contributed by atoms with van der Waals surface area (Å²) in [4.78, 5) is 0.972. The van der Waals surface area contributed by atoms with Crippen LogP contribution in [0.15, 0.2) is 58.6 Å². The molecule has 3 N–H and O–H groups in total. The molecule has 3 nitrogen and oxygen atoms in total. The Morgan fingerprint density at radius 2 is 1.95 bits per heavy atom. The summed E-state index contributed by atoms with van der Waals surface area (Å²) in [6, 6.07) is 15.5.